The van der Waals surface area contributed by atoms with Gasteiger partial charge in [0.2, 0.25) is 5.89 Å². The van der Waals surface area contributed by atoms with Crippen molar-refractivity contribution in [1.29, 1.82) is 0 Å². The number of aliphatic carboxylic acids is 1. The van der Waals surface area contributed by atoms with Gasteiger partial charge in [0.05, 0.1) is 11.3 Å². The van der Waals surface area contributed by atoms with Crippen LogP contribution in [0.4, 0.5) is 13.2 Å². The maximum absolute atomic E-state index is 12.7. The van der Waals surface area contributed by atoms with Crippen molar-refractivity contribution in [3.63, 3.8) is 0 Å². The molecule has 3 aromatic rings. The van der Waals surface area contributed by atoms with E-state index in [1.807, 2.05) is 6.92 Å². The molecular formula is C21H18F3NO5. The lowest BCUT2D eigenvalue weighted by molar-refractivity contribution is -0.139. The highest BCUT2D eigenvalue weighted by Crippen LogP contribution is 2.31. The number of aryl methyl sites for hydroxylation is 2. The Morgan fingerprint density at radius 2 is 1.70 bits per heavy atom. The number of nitrogens with zero attached hydrogens (tertiary/aromatic N) is 1. The second kappa shape index (κ2) is 8.48. The Kier molecular flexibility index (Phi) is 6.00. The molecule has 1 aromatic heterocycles. The van der Waals surface area contributed by atoms with Crippen molar-refractivity contribution in [3.05, 3.63) is 65.0 Å². The molecule has 158 valence electrons. The Morgan fingerprint density at radius 3 is 2.30 bits per heavy atom. The van der Waals surface area contributed by atoms with Crippen LogP contribution in [0.25, 0.3) is 11.5 Å². The third kappa shape index (κ3) is 5.31. The number of benzene rings is 2. The first-order valence-electron chi connectivity index (χ1n) is 8.85. The summed E-state index contributed by atoms with van der Waals surface area (Å²) in [7, 11) is 0. The predicted molar refractivity (Wildman–Crippen MR) is 100 cm³/mol. The molecule has 30 heavy (non-hydrogen) atoms. The first-order chi connectivity index (χ1) is 14.1. The standard InChI is InChI=1S/C21H18F3NO5/c1-12-7-16(9-17(8-12)29-11-19(26)27)28-10-18-13(2)25-20(30-18)14-3-5-15(6-4-14)21(22,23)24/h3-9H,10-11H2,1-2H3,(H,26,27). The SMILES string of the molecule is Cc1cc(OCC(=O)O)cc(OCc2oc(-c3ccc(C(F)(F)F)cc3)nc2C)c1. The maximum atomic E-state index is 12.7. The van der Waals surface area contributed by atoms with Crippen LogP contribution in [0.3, 0.4) is 0 Å². The van der Waals surface area contributed by atoms with Crippen molar-refractivity contribution >= 4 is 5.97 Å². The summed E-state index contributed by atoms with van der Waals surface area (Å²) in [5.74, 6) is 0.315. The molecule has 0 aliphatic rings. The van der Waals surface area contributed by atoms with Gasteiger partial charge in [-0.05, 0) is 55.8 Å². The molecular weight excluding hydrogens is 403 g/mol. The van der Waals surface area contributed by atoms with Crippen LogP contribution in [-0.2, 0) is 17.6 Å². The fourth-order valence-corrected chi connectivity index (χ4v) is 2.66. The van der Waals surface area contributed by atoms with Gasteiger partial charge < -0.3 is 19.0 Å². The second-order valence-corrected chi connectivity index (χ2v) is 6.56. The topological polar surface area (TPSA) is 81.8 Å². The molecule has 1 N–H and O–H groups in total. The molecule has 0 aliphatic heterocycles. The molecule has 0 fully saturated rings. The van der Waals surface area contributed by atoms with E-state index in [0.717, 1.165) is 17.7 Å². The molecule has 0 spiro atoms. The van der Waals surface area contributed by atoms with E-state index in [0.29, 0.717) is 28.5 Å². The van der Waals surface area contributed by atoms with Crippen LogP contribution in [0.1, 0.15) is 22.6 Å². The smallest absolute Gasteiger partial charge is 0.416 e. The molecule has 0 saturated carbocycles. The Bertz CT molecular complexity index is 1040. The van der Waals surface area contributed by atoms with Gasteiger partial charge in [-0.3, -0.25) is 0 Å². The summed E-state index contributed by atoms with van der Waals surface area (Å²) >= 11 is 0. The Morgan fingerprint density at radius 1 is 1.07 bits per heavy atom. The van der Waals surface area contributed by atoms with E-state index < -0.39 is 24.3 Å². The van der Waals surface area contributed by atoms with Crippen molar-refractivity contribution in [1.82, 2.24) is 4.98 Å². The van der Waals surface area contributed by atoms with Crippen molar-refractivity contribution in [3.8, 4) is 23.0 Å². The van der Waals surface area contributed by atoms with Crippen LogP contribution in [0.15, 0.2) is 46.9 Å². The quantitative estimate of drug-likeness (QED) is 0.577. The van der Waals surface area contributed by atoms with E-state index in [4.69, 9.17) is 19.0 Å². The minimum atomic E-state index is -4.41. The summed E-state index contributed by atoms with van der Waals surface area (Å²) in [6.45, 7) is 3.07. The van der Waals surface area contributed by atoms with Crippen LogP contribution in [0.2, 0.25) is 0 Å². The number of alkyl halides is 3. The molecule has 0 amide bonds. The highest BCUT2D eigenvalue weighted by molar-refractivity contribution is 5.68. The zero-order valence-electron chi connectivity index (χ0n) is 16.1. The number of hydrogen-bond donors (Lipinski definition) is 1. The van der Waals surface area contributed by atoms with Crippen LogP contribution in [0, 0.1) is 13.8 Å². The number of hydrogen-bond acceptors (Lipinski definition) is 5. The van der Waals surface area contributed by atoms with E-state index in [1.165, 1.54) is 12.1 Å². The van der Waals surface area contributed by atoms with Crippen LogP contribution >= 0.6 is 0 Å². The van der Waals surface area contributed by atoms with Gasteiger partial charge in [0, 0.05) is 11.6 Å². The van der Waals surface area contributed by atoms with E-state index >= 15 is 0 Å². The monoisotopic (exact) mass is 421 g/mol. The average Bonchev–Trinajstić information content (AvgIpc) is 3.04. The fraction of sp³-hybridized carbons (Fsp3) is 0.238. The lowest BCUT2D eigenvalue weighted by Crippen LogP contribution is -2.09. The number of oxazole rings is 1. The summed E-state index contributed by atoms with van der Waals surface area (Å²) in [4.78, 5) is 14.9. The summed E-state index contributed by atoms with van der Waals surface area (Å²) in [5.41, 5.74) is 1.02. The maximum Gasteiger partial charge on any atom is 0.416 e. The minimum absolute atomic E-state index is 0.0291. The normalized spacial score (nSPS) is 11.4. The molecule has 0 aliphatic carbocycles. The summed E-state index contributed by atoms with van der Waals surface area (Å²) in [5, 5.41) is 8.72. The third-order valence-electron chi connectivity index (χ3n) is 4.11. The summed E-state index contributed by atoms with van der Waals surface area (Å²) in [6.07, 6.45) is -4.41. The Hall–Kier alpha value is -3.49. The first kappa shape index (κ1) is 21.2. The Balaban J connectivity index is 1.72. The number of rotatable bonds is 7. The van der Waals surface area contributed by atoms with E-state index in [-0.39, 0.29) is 12.5 Å². The molecule has 0 atom stereocenters. The highest BCUT2D eigenvalue weighted by atomic mass is 19.4. The molecule has 0 unspecified atom stereocenters. The van der Waals surface area contributed by atoms with Gasteiger partial charge in [-0.25, -0.2) is 9.78 Å². The van der Waals surface area contributed by atoms with Gasteiger partial charge in [0.1, 0.15) is 18.1 Å². The molecule has 0 saturated heterocycles. The number of halogens is 3. The number of carboxylic acids is 1. The summed E-state index contributed by atoms with van der Waals surface area (Å²) < 4.78 is 54.6. The number of carbonyl (C=O) groups is 1. The third-order valence-corrected chi connectivity index (χ3v) is 4.11. The molecule has 0 bridgehead atoms. The zero-order valence-corrected chi connectivity index (χ0v) is 16.1. The molecule has 9 heteroatoms. The van der Waals surface area contributed by atoms with E-state index in [2.05, 4.69) is 4.98 Å². The summed E-state index contributed by atoms with van der Waals surface area (Å²) in [6, 6.07) is 9.51. The van der Waals surface area contributed by atoms with E-state index in [1.54, 1.807) is 25.1 Å². The van der Waals surface area contributed by atoms with Crippen molar-refractivity contribution in [2.45, 2.75) is 26.6 Å². The number of ether oxygens (including phenoxy) is 2. The lowest BCUT2D eigenvalue weighted by Gasteiger charge is -2.09. The van der Waals surface area contributed by atoms with Gasteiger partial charge in [0.15, 0.2) is 12.4 Å². The molecule has 1 heterocycles. The lowest BCUT2D eigenvalue weighted by atomic mass is 10.1. The van der Waals surface area contributed by atoms with Crippen molar-refractivity contribution < 1.29 is 37.0 Å². The van der Waals surface area contributed by atoms with Gasteiger partial charge in [0.25, 0.3) is 0 Å². The van der Waals surface area contributed by atoms with Crippen LogP contribution in [0.5, 0.6) is 11.5 Å². The molecule has 2 aromatic carbocycles. The Labute approximate surface area is 169 Å². The number of carboxylic acid groups (broad SMARTS) is 1. The zero-order chi connectivity index (χ0) is 21.9. The van der Waals surface area contributed by atoms with Gasteiger partial charge in [-0.1, -0.05) is 0 Å². The van der Waals surface area contributed by atoms with Gasteiger partial charge >= 0.3 is 12.1 Å². The largest absolute Gasteiger partial charge is 0.485 e. The van der Waals surface area contributed by atoms with Crippen molar-refractivity contribution in [2.75, 3.05) is 6.61 Å². The van der Waals surface area contributed by atoms with Gasteiger partial charge in [-0.15, -0.1) is 0 Å². The van der Waals surface area contributed by atoms with Crippen molar-refractivity contribution in [2.24, 2.45) is 0 Å². The fourth-order valence-electron chi connectivity index (χ4n) is 2.66. The minimum Gasteiger partial charge on any atom is -0.485 e. The molecule has 0 radical (unpaired) electrons. The molecule has 3 rings (SSSR count). The van der Waals surface area contributed by atoms with Crippen LogP contribution < -0.4 is 9.47 Å². The second-order valence-electron chi connectivity index (χ2n) is 6.56. The predicted octanol–water partition coefficient (Wildman–Crippen LogP) is 5.02. The molecule has 6 nitrogen and oxygen atoms in total. The average molecular weight is 421 g/mol. The van der Waals surface area contributed by atoms with Gasteiger partial charge in [-0.2, -0.15) is 13.2 Å². The number of aromatic nitrogens is 1. The van der Waals surface area contributed by atoms with E-state index in [9.17, 15) is 18.0 Å². The van der Waals surface area contributed by atoms with Crippen LogP contribution in [-0.4, -0.2) is 22.7 Å². The first-order valence-corrected chi connectivity index (χ1v) is 8.85. The highest BCUT2D eigenvalue weighted by Gasteiger charge is 2.30.